The van der Waals surface area contributed by atoms with Gasteiger partial charge in [-0.2, -0.15) is 0 Å². The Hall–Kier alpha value is -4.82. The van der Waals surface area contributed by atoms with Gasteiger partial charge >= 0.3 is 0 Å². The molecule has 3 aromatic heterocycles. The van der Waals surface area contributed by atoms with E-state index in [4.69, 9.17) is 43.4 Å². The van der Waals surface area contributed by atoms with Gasteiger partial charge in [-0.05, 0) is 24.6 Å². The molecule has 0 radical (unpaired) electrons. The number of pyridine rings is 3. The van der Waals surface area contributed by atoms with Gasteiger partial charge in [0.15, 0.2) is 0 Å². The number of carbonyl (C=O) groups excluding carboxylic acids is 3. The first-order chi connectivity index (χ1) is 23.2. The van der Waals surface area contributed by atoms with Gasteiger partial charge in [0.2, 0.25) is 17.7 Å². The van der Waals surface area contributed by atoms with E-state index >= 15 is 0 Å². The summed E-state index contributed by atoms with van der Waals surface area (Å²) in [7, 11) is 3.02. The molecule has 6 N–H and O–H groups in total. The second-order valence-corrected chi connectivity index (χ2v) is 11.6. The fraction of sp³-hybridized carbons (Fsp3) is 0.273. The summed E-state index contributed by atoms with van der Waals surface area (Å²) in [6.07, 6.45) is 4.45. The Morgan fingerprint density at radius 2 is 1.81 bits per heavy atom. The second-order valence-electron chi connectivity index (χ2n) is 10.9. The van der Waals surface area contributed by atoms with Gasteiger partial charge in [-0.3, -0.25) is 24.4 Å². The Balaban J connectivity index is 1.33. The zero-order valence-electron chi connectivity index (χ0n) is 26.2. The number of carbonyl (C=O) groups is 3. The zero-order valence-corrected chi connectivity index (χ0v) is 27.7. The van der Waals surface area contributed by atoms with Crippen molar-refractivity contribution in [2.75, 3.05) is 32.6 Å². The molecule has 1 aliphatic rings. The summed E-state index contributed by atoms with van der Waals surface area (Å²) < 4.78 is 11.0. The van der Waals surface area contributed by atoms with E-state index in [-0.39, 0.29) is 35.8 Å². The molecular formula is C33H34Cl2N8O5. The van der Waals surface area contributed by atoms with Gasteiger partial charge in [0.25, 0.3) is 5.91 Å². The lowest BCUT2D eigenvalue weighted by atomic mass is 10.1. The first-order valence-electron chi connectivity index (χ1n) is 15.0. The topological polar surface area (TPSA) is 182 Å². The van der Waals surface area contributed by atoms with E-state index < -0.39 is 11.8 Å². The third-order valence-corrected chi connectivity index (χ3v) is 8.39. The molecule has 5 rings (SSSR count). The quantitative estimate of drug-likeness (QED) is 0.131. The van der Waals surface area contributed by atoms with Crippen LogP contribution in [0.3, 0.4) is 0 Å². The van der Waals surface area contributed by atoms with E-state index in [2.05, 4.69) is 31.2 Å². The van der Waals surface area contributed by atoms with Crippen molar-refractivity contribution >= 4 is 46.6 Å². The van der Waals surface area contributed by atoms with Gasteiger partial charge < -0.3 is 36.5 Å². The van der Waals surface area contributed by atoms with E-state index in [1.807, 2.05) is 12.1 Å². The fourth-order valence-electron chi connectivity index (χ4n) is 5.20. The maximum Gasteiger partial charge on any atom is 0.274 e. The molecular weight excluding hydrogens is 659 g/mol. The number of halogens is 2. The highest BCUT2D eigenvalue weighted by molar-refractivity contribution is 6.39. The smallest absolute Gasteiger partial charge is 0.274 e. The molecule has 15 heteroatoms. The molecule has 1 fully saturated rings. The summed E-state index contributed by atoms with van der Waals surface area (Å²) in [5, 5.41) is 12.5. The lowest BCUT2D eigenvalue weighted by Gasteiger charge is -2.15. The molecule has 1 atom stereocenters. The van der Waals surface area contributed by atoms with E-state index in [9.17, 15) is 14.4 Å². The standard InChI is InChI=1S/C33H34Cl2N8O5/c1-47-26-12-25(40-15-19(26)14-38-17-27(36)44)32(46)42-24-5-3-4-22(29(24)34)31-30(35)21(10-11-39-31)23-8-6-18(33(43-23)48-2)13-37-16-20-7-9-28(45)41-20/h3-6,8,10-12,15,20,37-38H,7,9,13-14,16-17H2,1-2H3,(H2,36,44)(H,41,45)(H,42,46). The van der Waals surface area contributed by atoms with Crippen molar-refractivity contribution in [1.82, 2.24) is 30.9 Å². The van der Waals surface area contributed by atoms with Gasteiger partial charge in [-0.25, -0.2) is 4.98 Å². The molecule has 0 aliphatic carbocycles. The number of methoxy groups -OCH3 is 2. The molecule has 4 heterocycles. The third-order valence-electron chi connectivity index (χ3n) is 7.60. The number of nitrogens with two attached hydrogens (primary N) is 1. The summed E-state index contributed by atoms with van der Waals surface area (Å²) in [4.78, 5) is 49.1. The average molecular weight is 694 g/mol. The van der Waals surface area contributed by atoms with Crippen molar-refractivity contribution in [1.29, 1.82) is 0 Å². The van der Waals surface area contributed by atoms with E-state index in [1.54, 1.807) is 37.6 Å². The largest absolute Gasteiger partial charge is 0.496 e. The van der Waals surface area contributed by atoms with Gasteiger partial charge in [0, 0.05) is 72.8 Å². The molecule has 1 unspecified atom stereocenters. The lowest BCUT2D eigenvalue weighted by Crippen LogP contribution is -2.35. The van der Waals surface area contributed by atoms with Crippen molar-refractivity contribution in [2.24, 2.45) is 5.73 Å². The van der Waals surface area contributed by atoms with Crippen LogP contribution in [0.2, 0.25) is 10.0 Å². The first kappa shape index (κ1) is 34.5. The van der Waals surface area contributed by atoms with Crippen LogP contribution >= 0.6 is 23.2 Å². The molecule has 0 saturated carbocycles. The summed E-state index contributed by atoms with van der Waals surface area (Å²) >= 11 is 13.7. The normalized spacial score (nSPS) is 14.0. The number of hydrogen-bond donors (Lipinski definition) is 5. The number of ether oxygens (including phenoxy) is 2. The Bertz CT molecular complexity index is 1840. The molecule has 48 heavy (non-hydrogen) atoms. The number of hydrogen-bond acceptors (Lipinski definition) is 10. The van der Waals surface area contributed by atoms with Crippen molar-refractivity contribution in [3.63, 3.8) is 0 Å². The van der Waals surface area contributed by atoms with E-state index in [1.165, 1.54) is 19.4 Å². The van der Waals surface area contributed by atoms with Crippen LogP contribution < -0.4 is 36.5 Å². The summed E-state index contributed by atoms with van der Waals surface area (Å²) in [5.74, 6) is -0.0913. The van der Waals surface area contributed by atoms with Gasteiger partial charge in [-0.15, -0.1) is 0 Å². The van der Waals surface area contributed by atoms with Crippen LogP contribution in [0.4, 0.5) is 5.69 Å². The Morgan fingerprint density at radius 3 is 2.54 bits per heavy atom. The molecule has 1 saturated heterocycles. The fourth-order valence-corrected chi connectivity index (χ4v) is 5.77. The Morgan fingerprint density at radius 1 is 1.00 bits per heavy atom. The van der Waals surface area contributed by atoms with Crippen LogP contribution in [0.25, 0.3) is 22.5 Å². The molecule has 250 valence electrons. The van der Waals surface area contributed by atoms with Crippen molar-refractivity contribution in [3.8, 4) is 34.1 Å². The lowest BCUT2D eigenvalue weighted by molar-refractivity contribution is -0.119. The van der Waals surface area contributed by atoms with Crippen molar-refractivity contribution in [3.05, 3.63) is 81.7 Å². The van der Waals surface area contributed by atoms with E-state index in [0.29, 0.717) is 69.9 Å². The molecule has 3 amide bonds. The van der Waals surface area contributed by atoms with Crippen molar-refractivity contribution in [2.45, 2.75) is 32.0 Å². The van der Waals surface area contributed by atoms with Gasteiger partial charge in [-0.1, -0.05) is 41.4 Å². The number of rotatable bonds is 14. The number of anilines is 1. The maximum atomic E-state index is 13.2. The van der Waals surface area contributed by atoms with Crippen LogP contribution in [0.5, 0.6) is 11.6 Å². The van der Waals surface area contributed by atoms with Crippen LogP contribution in [0, 0.1) is 0 Å². The predicted octanol–water partition coefficient (Wildman–Crippen LogP) is 3.73. The molecule has 1 aromatic carbocycles. The monoisotopic (exact) mass is 692 g/mol. The highest BCUT2D eigenvalue weighted by atomic mass is 35.5. The number of nitrogens with zero attached hydrogens (tertiary/aromatic N) is 3. The molecule has 13 nitrogen and oxygen atoms in total. The molecule has 0 bridgehead atoms. The van der Waals surface area contributed by atoms with Crippen LogP contribution in [-0.4, -0.2) is 66.0 Å². The number of aromatic nitrogens is 3. The molecule has 4 aromatic rings. The number of amides is 3. The van der Waals surface area contributed by atoms with Crippen LogP contribution in [-0.2, 0) is 22.7 Å². The van der Waals surface area contributed by atoms with Crippen LogP contribution in [0.1, 0.15) is 34.5 Å². The maximum absolute atomic E-state index is 13.2. The Labute approximate surface area is 286 Å². The zero-order chi connectivity index (χ0) is 34.2. The van der Waals surface area contributed by atoms with Gasteiger partial charge in [0.1, 0.15) is 11.4 Å². The second kappa shape index (κ2) is 15.8. The number of benzene rings is 1. The number of nitrogens with one attached hydrogen (secondary N) is 4. The average Bonchev–Trinajstić information content (AvgIpc) is 3.50. The molecule has 1 aliphatic heterocycles. The highest BCUT2D eigenvalue weighted by Gasteiger charge is 2.22. The molecule has 0 spiro atoms. The summed E-state index contributed by atoms with van der Waals surface area (Å²) in [6.45, 7) is 1.41. The minimum Gasteiger partial charge on any atom is -0.496 e. The van der Waals surface area contributed by atoms with Gasteiger partial charge in [0.05, 0.1) is 47.9 Å². The minimum absolute atomic E-state index is 0.0131. The summed E-state index contributed by atoms with van der Waals surface area (Å²) in [6, 6.07) is 12.2. The predicted molar refractivity (Wildman–Crippen MR) is 182 cm³/mol. The Kier molecular flexibility index (Phi) is 11.4. The summed E-state index contributed by atoms with van der Waals surface area (Å²) in [5.41, 5.74) is 9.16. The minimum atomic E-state index is -0.518. The first-order valence-corrected chi connectivity index (χ1v) is 15.7. The third kappa shape index (κ3) is 8.17. The van der Waals surface area contributed by atoms with E-state index in [0.717, 1.165) is 12.0 Å². The van der Waals surface area contributed by atoms with Crippen molar-refractivity contribution < 1.29 is 23.9 Å². The SMILES string of the molecule is COc1cc(C(=O)Nc2cccc(-c3nccc(-c4ccc(CNCC5CCC(=O)N5)c(OC)n4)c3Cl)c2Cl)ncc1CNCC(N)=O. The number of primary amides is 1. The highest BCUT2D eigenvalue weighted by Crippen LogP contribution is 2.40. The van der Waals surface area contributed by atoms with Crippen LogP contribution in [0.15, 0.2) is 54.9 Å².